The monoisotopic (exact) mass is 1320 g/mol. The fourth-order valence-electron chi connectivity index (χ4n) is 10.8. The predicted molar refractivity (Wildman–Crippen MR) is 363 cm³/mol. The Morgan fingerprint density at radius 1 is 0.516 bits per heavy atom. The molecule has 0 bridgehead atoms. The molecular weight excluding hydrogens is 1230 g/mol. The fourth-order valence-corrected chi connectivity index (χ4v) is 11.0. The van der Waals surface area contributed by atoms with Gasteiger partial charge in [-0.25, -0.2) is 0 Å². The summed E-state index contributed by atoms with van der Waals surface area (Å²) < 4.78 is 0. The number of hydrogen-bond donors (Lipinski definition) is 11. The van der Waals surface area contributed by atoms with Crippen LogP contribution >= 0.6 is 11.6 Å². The zero-order valence-electron chi connectivity index (χ0n) is 54.5. The number of likely N-dealkylation sites (N-methyl/N-ethyl adjacent to an activating group) is 1. The molecule has 2 aromatic heterocycles. The molecule has 95 heavy (non-hydrogen) atoms. The van der Waals surface area contributed by atoms with Gasteiger partial charge in [-0.3, -0.25) is 53.1 Å². The van der Waals surface area contributed by atoms with Crippen LogP contribution in [0.25, 0.3) is 10.8 Å². The molecule has 508 valence electrons. The molecule has 0 aliphatic rings. The van der Waals surface area contributed by atoms with E-state index in [0.29, 0.717) is 53.2 Å². The Morgan fingerprint density at radius 3 is 1.66 bits per heavy atom. The molecule has 6 aromatic rings. The molecule has 0 radical (unpaired) electrons. The number of benzene rings is 4. The standard InChI is InChI=1S/C71H91ClN12O11/c1-46(2)37-58(65(89)77-35-13-8-6-5-7-12-32-73)80-66(90)57(21-11-14-36-76-64(88)54-20-16-34-75-44-54)79-70(94)63(42-49-25-30-56(87)31-26-49)84(4)71(95)62(45-85)83-69(93)61(41-51-17-15-33-74-43-51)82-68(92)60(39-48-23-28-55(72)29-24-48)81-67(91)59(78-47(3)86)40-50-22-27-52-18-9-10-19-53(52)38-50/h9-10,15-20,22-31,33-34,38,43-44,46,57-63,85,87H,5-8,11-14,21,32,35-37,39-42,45,73H2,1-4H3,(H,76,88)(H,77,89)(H,78,86)(H,79,94)(H,80,90)(H,81,91)(H,82,92)(H,83,93)/t57-,58+,59-,60-,61-,62+,63+/m1/s1. The number of aliphatic hydroxyl groups excluding tert-OH is 1. The van der Waals surface area contributed by atoms with Gasteiger partial charge in [-0.2, -0.15) is 0 Å². The molecule has 24 heteroatoms. The van der Waals surface area contributed by atoms with Crippen molar-refractivity contribution in [1.29, 1.82) is 0 Å². The molecule has 0 saturated carbocycles. The van der Waals surface area contributed by atoms with E-state index in [0.717, 1.165) is 59.8 Å². The topological polar surface area (TPSA) is 345 Å². The van der Waals surface area contributed by atoms with Crippen LogP contribution < -0.4 is 48.3 Å². The maximum absolute atomic E-state index is 15.0. The number of unbranched alkanes of at least 4 members (excludes halogenated alkanes) is 6. The van der Waals surface area contributed by atoms with Gasteiger partial charge in [0, 0.05) is 82.6 Å². The molecular formula is C71H91ClN12O11. The highest BCUT2D eigenvalue weighted by Gasteiger charge is 2.37. The molecule has 6 rings (SSSR count). The highest BCUT2D eigenvalue weighted by molar-refractivity contribution is 6.30. The van der Waals surface area contributed by atoms with Crippen molar-refractivity contribution >= 4 is 75.5 Å². The van der Waals surface area contributed by atoms with E-state index in [4.69, 9.17) is 17.3 Å². The van der Waals surface area contributed by atoms with E-state index < -0.39 is 96.2 Å². The Hall–Kier alpha value is -9.32. The Labute approximate surface area is 560 Å². The van der Waals surface area contributed by atoms with Gasteiger partial charge < -0.3 is 63.4 Å². The molecule has 2 heterocycles. The van der Waals surface area contributed by atoms with Gasteiger partial charge in [-0.15, -0.1) is 0 Å². The summed E-state index contributed by atoms with van der Waals surface area (Å²) in [5.41, 5.74) is 8.25. The molecule has 12 N–H and O–H groups in total. The zero-order chi connectivity index (χ0) is 68.7. The third-order valence-electron chi connectivity index (χ3n) is 16.0. The van der Waals surface area contributed by atoms with Crippen molar-refractivity contribution in [2.45, 2.75) is 153 Å². The molecule has 0 spiro atoms. The van der Waals surface area contributed by atoms with Crippen molar-refractivity contribution in [2.24, 2.45) is 11.7 Å². The summed E-state index contributed by atoms with van der Waals surface area (Å²) in [6.07, 6.45) is 12.1. The minimum Gasteiger partial charge on any atom is -0.508 e. The Kier molecular flexibility index (Phi) is 31.0. The highest BCUT2D eigenvalue weighted by atomic mass is 35.5. The number of pyridine rings is 2. The lowest BCUT2D eigenvalue weighted by Crippen LogP contribution is -2.61. The summed E-state index contributed by atoms with van der Waals surface area (Å²) in [5.74, 6) is -6.29. The van der Waals surface area contributed by atoms with E-state index in [2.05, 4.69) is 52.5 Å². The largest absolute Gasteiger partial charge is 0.508 e. The van der Waals surface area contributed by atoms with Crippen LogP contribution in [0, 0.1) is 5.92 Å². The number of aromatic hydroxyl groups is 1. The average molecular weight is 1320 g/mol. The van der Waals surface area contributed by atoms with Gasteiger partial charge in [0.25, 0.3) is 5.91 Å². The summed E-state index contributed by atoms with van der Waals surface area (Å²) >= 11 is 6.24. The van der Waals surface area contributed by atoms with Crippen molar-refractivity contribution in [1.82, 2.24) is 57.4 Å². The number of hydrogen-bond acceptors (Lipinski definition) is 14. The summed E-state index contributed by atoms with van der Waals surface area (Å²) in [4.78, 5) is 137. The second kappa shape index (κ2) is 39.4. The van der Waals surface area contributed by atoms with Gasteiger partial charge in [0.1, 0.15) is 48.0 Å². The molecule has 0 saturated heterocycles. The minimum atomic E-state index is -1.75. The van der Waals surface area contributed by atoms with Crippen molar-refractivity contribution in [3.63, 3.8) is 0 Å². The fraction of sp³-hybridized carbons (Fsp3) is 0.423. The number of carbonyl (C=O) groups excluding carboxylic acids is 9. The summed E-state index contributed by atoms with van der Waals surface area (Å²) in [6, 6.07) is 22.8. The normalized spacial score (nSPS) is 13.3. The molecule has 4 aromatic carbocycles. The van der Waals surface area contributed by atoms with Crippen LogP contribution in [-0.2, 0) is 64.0 Å². The van der Waals surface area contributed by atoms with Gasteiger partial charge in [-0.1, -0.05) is 124 Å². The average Bonchev–Trinajstić information content (AvgIpc) is 0.916. The number of halogens is 1. The lowest BCUT2D eigenvalue weighted by molar-refractivity contribution is -0.144. The molecule has 0 aliphatic carbocycles. The first-order chi connectivity index (χ1) is 45.7. The number of nitrogens with two attached hydrogens (primary N) is 1. The molecule has 7 atom stereocenters. The van der Waals surface area contributed by atoms with Crippen LogP contribution in [0.3, 0.4) is 0 Å². The van der Waals surface area contributed by atoms with Gasteiger partial charge >= 0.3 is 0 Å². The van der Waals surface area contributed by atoms with Crippen molar-refractivity contribution in [3.8, 4) is 5.75 Å². The summed E-state index contributed by atoms with van der Waals surface area (Å²) in [5, 5.41) is 45.9. The number of aliphatic hydroxyl groups is 1. The predicted octanol–water partition coefficient (Wildman–Crippen LogP) is 5.07. The number of nitrogens with zero attached hydrogens (tertiary/aromatic N) is 3. The van der Waals surface area contributed by atoms with Gasteiger partial charge in [0.05, 0.1) is 12.2 Å². The first-order valence-corrected chi connectivity index (χ1v) is 32.8. The van der Waals surface area contributed by atoms with E-state index in [1.165, 1.54) is 44.7 Å². The van der Waals surface area contributed by atoms with Gasteiger partial charge in [-0.05, 0) is 126 Å². The quantitative estimate of drug-likeness (QED) is 0.0225. The Bertz CT molecular complexity index is 3460. The number of phenolic OH excluding ortho intramolecular Hbond substituents is 1. The van der Waals surface area contributed by atoms with Crippen LogP contribution in [0.2, 0.25) is 5.02 Å². The van der Waals surface area contributed by atoms with Crippen molar-refractivity contribution in [2.75, 3.05) is 33.3 Å². The second-order valence-corrected chi connectivity index (χ2v) is 24.6. The minimum absolute atomic E-state index is 0.0227. The maximum atomic E-state index is 15.0. The lowest BCUT2D eigenvalue weighted by Gasteiger charge is -2.32. The number of phenols is 1. The highest BCUT2D eigenvalue weighted by Crippen LogP contribution is 2.20. The first kappa shape index (κ1) is 74.7. The maximum Gasteiger partial charge on any atom is 0.252 e. The van der Waals surface area contributed by atoms with Crippen LogP contribution in [0.4, 0.5) is 0 Å². The Balaban J connectivity index is 1.24. The van der Waals surface area contributed by atoms with Gasteiger partial charge in [0.15, 0.2) is 0 Å². The van der Waals surface area contributed by atoms with Crippen molar-refractivity contribution in [3.05, 3.63) is 173 Å². The SMILES string of the molecule is CC(=O)N[C@H](Cc1ccc2ccccc2c1)C(=O)N[C@H](Cc1ccc(Cl)cc1)C(=O)N[C@H](Cc1cccnc1)C(=O)N[C@@H](CO)C(=O)N(C)[C@@H](Cc1ccc(O)cc1)C(=O)N[C@H](CCCCNC(=O)c1cccnc1)C(=O)N[C@@H](CC(C)C)C(=O)NCCCCCCCCN. The van der Waals surface area contributed by atoms with E-state index >= 15 is 4.79 Å². The third-order valence-corrected chi connectivity index (χ3v) is 16.3. The number of amides is 9. The van der Waals surface area contributed by atoms with Crippen LogP contribution in [0.1, 0.15) is 118 Å². The Morgan fingerprint density at radius 2 is 1.04 bits per heavy atom. The molecule has 23 nitrogen and oxygen atoms in total. The van der Waals surface area contributed by atoms with Crippen molar-refractivity contribution < 1.29 is 53.4 Å². The lowest BCUT2D eigenvalue weighted by atomic mass is 9.99. The molecule has 0 fully saturated rings. The molecule has 0 aliphatic heterocycles. The summed E-state index contributed by atoms with van der Waals surface area (Å²) in [7, 11) is 1.29. The number of nitrogens with one attached hydrogen (secondary N) is 8. The van der Waals surface area contributed by atoms with E-state index in [9.17, 15) is 48.6 Å². The number of rotatable bonds is 39. The number of aromatic nitrogens is 2. The molecule has 0 unspecified atom stereocenters. The first-order valence-electron chi connectivity index (χ1n) is 32.4. The van der Waals surface area contributed by atoms with Crippen LogP contribution in [0.5, 0.6) is 5.75 Å². The van der Waals surface area contributed by atoms with E-state index in [-0.39, 0.29) is 62.6 Å². The zero-order valence-corrected chi connectivity index (χ0v) is 55.2. The number of fused-ring (bicyclic) bond motifs is 1. The molecule has 9 amide bonds. The summed E-state index contributed by atoms with van der Waals surface area (Å²) in [6.45, 7) is 5.34. The number of carbonyl (C=O) groups is 9. The smallest absolute Gasteiger partial charge is 0.252 e. The second-order valence-electron chi connectivity index (χ2n) is 24.2. The third kappa shape index (κ3) is 25.5. The van der Waals surface area contributed by atoms with E-state index in [1.807, 2.05) is 56.3 Å². The van der Waals surface area contributed by atoms with Crippen LogP contribution in [-0.4, -0.2) is 154 Å². The van der Waals surface area contributed by atoms with Crippen LogP contribution in [0.15, 0.2) is 140 Å². The van der Waals surface area contributed by atoms with Gasteiger partial charge in [0.2, 0.25) is 47.3 Å². The van der Waals surface area contributed by atoms with E-state index in [1.54, 1.807) is 66.9 Å².